The van der Waals surface area contributed by atoms with Gasteiger partial charge in [-0.2, -0.15) is 0 Å². The van der Waals surface area contributed by atoms with Crippen molar-refractivity contribution in [3.8, 4) is 0 Å². The van der Waals surface area contributed by atoms with E-state index in [1.807, 2.05) is 20.9 Å². The van der Waals surface area contributed by atoms with E-state index in [9.17, 15) is 10.2 Å². The quantitative estimate of drug-likeness (QED) is 0.581. The first-order chi connectivity index (χ1) is 6.55. The van der Waals surface area contributed by atoms with Crippen molar-refractivity contribution in [3.63, 3.8) is 0 Å². The number of rotatable bonds is 7. The van der Waals surface area contributed by atoms with Crippen LogP contribution in [-0.4, -0.2) is 35.5 Å². The summed E-state index contributed by atoms with van der Waals surface area (Å²) in [5.41, 5.74) is -0.730. The fourth-order valence-electron chi connectivity index (χ4n) is 2.05. The van der Waals surface area contributed by atoms with E-state index < -0.39 is 5.60 Å². The molecule has 0 radical (unpaired) electrons. The fraction of sp³-hybridized carbons (Fsp3) is 1.00. The third kappa shape index (κ3) is 3.23. The third-order valence-electron chi connectivity index (χ3n) is 3.24. The summed E-state index contributed by atoms with van der Waals surface area (Å²) >= 11 is 0. The largest absolute Gasteiger partial charge is 0.396 e. The minimum absolute atomic E-state index is 0.0341. The molecule has 0 spiro atoms. The lowest BCUT2D eigenvalue weighted by molar-refractivity contribution is -0.0610. The van der Waals surface area contributed by atoms with Gasteiger partial charge in [0.25, 0.3) is 0 Å². The highest BCUT2D eigenvalue weighted by atomic mass is 16.3. The lowest BCUT2D eigenvalue weighted by atomic mass is 9.78. The van der Waals surface area contributed by atoms with E-state index in [0.29, 0.717) is 6.42 Å². The second-order valence-corrected chi connectivity index (χ2v) is 4.07. The molecule has 3 N–H and O–H groups in total. The van der Waals surface area contributed by atoms with Crippen LogP contribution in [0.15, 0.2) is 0 Å². The Bertz CT molecular complexity index is 152. The van der Waals surface area contributed by atoms with Gasteiger partial charge in [-0.25, -0.2) is 0 Å². The van der Waals surface area contributed by atoms with E-state index in [-0.39, 0.29) is 18.6 Å². The van der Waals surface area contributed by atoms with Crippen molar-refractivity contribution >= 4 is 0 Å². The minimum Gasteiger partial charge on any atom is -0.396 e. The van der Waals surface area contributed by atoms with E-state index in [4.69, 9.17) is 0 Å². The van der Waals surface area contributed by atoms with E-state index in [1.54, 1.807) is 0 Å². The average Bonchev–Trinajstić information content (AvgIpc) is 2.19. The first-order valence-electron chi connectivity index (χ1n) is 5.56. The van der Waals surface area contributed by atoms with Crippen LogP contribution in [0.3, 0.4) is 0 Å². The van der Waals surface area contributed by atoms with Crippen molar-refractivity contribution in [2.24, 2.45) is 5.92 Å². The second kappa shape index (κ2) is 6.38. The van der Waals surface area contributed by atoms with Gasteiger partial charge >= 0.3 is 0 Å². The fourth-order valence-corrected chi connectivity index (χ4v) is 2.05. The zero-order chi connectivity index (χ0) is 11.2. The monoisotopic (exact) mass is 203 g/mol. The van der Waals surface area contributed by atoms with E-state index in [2.05, 4.69) is 12.2 Å². The average molecular weight is 203 g/mol. The molecule has 0 aromatic rings. The molecule has 0 heterocycles. The molecule has 0 amide bonds. The van der Waals surface area contributed by atoms with Crippen molar-refractivity contribution < 1.29 is 10.2 Å². The SMILES string of the molecule is CCCC(O)(CC)C(CO)C(C)NC. The second-order valence-electron chi connectivity index (χ2n) is 4.07. The zero-order valence-electron chi connectivity index (χ0n) is 9.88. The predicted octanol–water partition coefficient (Wildman–Crippen LogP) is 1.14. The molecule has 0 saturated carbocycles. The van der Waals surface area contributed by atoms with Crippen molar-refractivity contribution in [2.45, 2.75) is 51.7 Å². The molecule has 3 atom stereocenters. The zero-order valence-corrected chi connectivity index (χ0v) is 9.88. The smallest absolute Gasteiger partial charge is 0.0709 e. The van der Waals surface area contributed by atoms with Crippen LogP contribution in [0.5, 0.6) is 0 Å². The first kappa shape index (κ1) is 13.9. The Kier molecular flexibility index (Phi) is 6.33. The van der Waals surface area contributed by atoms with Crippen LogP contribution in [0, 0.1) is 5.92 Å². The van der Waals surface area contributed by atoms with Crippen LogP contribution in [0.4, 0.5) is 0 Å². The molecule has 0 aliphatic carbocycles. The normalized spacial score (nSPS) is 20.1. The molecule has 3 unspecified atom stereocenters. The van der Waals surface area contributed by atoms with Crippen LogP contribution in [0.1, 0.15) is 40.0 Å². The van der Waals surface area contributed by atoms with Gasteiger partial charge in [-0.15, -0.1) is 0 Å². The molecule has 0 aliphatic rings. The van der Waals surface area contributed by atoms with Crippen molar-refractivity contribution in [3.05, 3.63) is 0 Å². The van der Waals surface area contributed by atoms with Gasteiger partial charge in [0, 0.05) is 12.0 Å². The highest BCUT2D eigenvalue weighted by Gasteiger charge is 2.36. The molecule has 0 saturated heterocycles. The minimum atomic E-state index is -0.730. The molecule has 86 valence electrons. The maximum absolute atomic E-state index is 10.4. The lowest BCUT2D eigenvalue weighted by Crippen LogP contribution is -2.49. The topological polar surface area (TPSA) is 52.5 Å². The number of hydrogen-bond donors (Lipinski definition) is 3. The molecule has 3 heteroatoms. The van der Waals surface area contributed by atoms with Crippen molar-refractivity contribution in [1.29, 1.82) is 0 Å². The highest BCUT2D eigenvalue weighted by Crippen LogP contribution is 2.29. The van der Waals surface area contributed by atoms with E-state index in [0.717, 1.165) is 12.8 Å². The standard InChI is InChI=1S/C11H25NO2/c1-5-7-11(14,6-2)10(8-13)9(3)12-4/h9-10,12-14H,5-8H2,1-4H3. The van der Waals surface area contributed by atoms with Gasteiger partial charge in [-0.05, 0) is 26.8 Å². The van der Waals surface area contributed by atoms with Crippen molar-refractivity contribution in [2.75, 3.05) is 13.7 Å². The van der Waals surface area contributed by atoms with Crippen LogP contribution in [0.25, 0.3) is 0 Å². The molecule has 0 aromatic heterocycles. The highest BCUT2D eigenvalue weighted by molar-refractivity contribution is 4.89. The molecule has 0 fully saturated rings. The van der Waals surface area contributed by atoms with Crippen LogP contribution in [-0.2, 0) is 0 Å². The number of nitrogens with one attached hydrogen (secondary N) is 1. The molecule has 14 heavy (non-hydrogen) atoms. The maximum Gasteiger partial charge on any atom is 0.0709 e. The Morgan fingerprint density at radius 1 is 1.36 bits per heavy atom. The molecular weight excluding hydrogens is 178 g/mol. The Labute approximate surface area is 87.5 Å². The summed E-state index contributed by atoms with van der Waals surface area (Å²) in [5.74, 6) is -0.0857. The number of aliphatic hydroxyl groups is 2. The van der Waals surface area contributed by atoms with Gasteiger partial charge in [0.15, 0.2) is 0 Å². The Hall–Kier alpha value is -0.120. The maximum atomic E-state index is 10.4. The summed E-state index contributed by atoms with van der Waals surface area (Å²) in [7, 11) is 1.86. The van der Waals surface area contributed by atoms with E-state index >= 15 is 0 Å². The molecular formula is C11H25NO2. The summed E-state index contributed by atoms with van der Waals surface area (Å²) in [6.45, 7) is 6.06. The Balaban J connectivity index is 4.57. The van der Waals surface area contributed by atoms with Gasteiger partial charge in [0.1, 0.15) is 0 Å². The summed E-state index contributed by atoms with van der Waals surface area (Å²) in [6, 6.07) is 0.136. The van der Waals surface area contributed by atoms with Gasteiger partial charge < -0.3 is 15.5 Å². The Morgan fingerprint density at radius 3 is 2.21 bits per heavy atom. The number of hydrogen-bond acceptors (Lipinski definition) is 3. The Morgan fingerprint density at radius 2 is 1.93 bits per heavy atom. The third-order valence-corrected chi connectivity index (χ3v) is 3.24. The van der Waals surface area contributed by atoms with Crippen LogP contribution < -0.4 is 5.32 Å². The summed E-state index contributed by atoms with van der Waals surface area (Å²) < 4.78 is 0. The number of aliphatic hydroxyl groups excluding tert-OH is 1. The van der Waals surface area contributed by atoms with Crippen LogP contribution >= 0.6 is 0 Å². The molecule has 0 aromatic carbocycles. The first-order valence-corrected chi connectivity index (χ1v) is 5.56. The molecule has 0 aliphatic heterocycles. The van der Waals surface area contributed by atoms with Gasteiger partial charge in [0.05, 0.1) is 12.2 Å². The van der Waals surface area contributed by atoms with Gasteiger partial charge in [0.2, 0.25) is 0 Å². The van der Waals surface area contributed by atoms with Gasteiger partial charge in [-0.1, -0.05) is 20.3 Å². The van der Waals surface area contributed by atoms with E-state index in [1.165, 1.54) is 0 Å². The van der Waals surface area contributed by atoms with Crippen molar-refractivity contribution in [1.82, 2.24) is 5.32 Å². The van der Waals surface area contributed by atoms with Gasteiger partial charge in [-0.3, -0.25) is 0 Å². The predicted molar refractivity (Wildman–Crippen MR) is 59.2 cm³/mol. The summed E-state index contributed by atoms with van der Waals surface area (Å²) in [6.07, 6.45) is 2.39. The molecule has 0 bridgehead atoms. The summed E-state index contributed by atoms with van der Waals surface area (Å²) in [5, 5.41) is 22.8. The molecule has 0 rings (SSSR count). The van der Waals surface area contributed by atoms with Crippen LogP contribution in [0.2, 0.25) is 0 Å². The molecule has 3 nitrogen and oxygen atoms in total. The summed E-state index contributed by atoms with van der Waals surface area (Å²) in [4.78, 5) is 0. The lowest BCUT2D eigenvalue weighted by Gasteiger charge is -2.38.